The van der Waals surface area contributed by atoms with E-state index in [-0.39, 0.29) is 17.6 Å². The third-order valence-electron chi connectivity index (χ3n) is 1.93. The van der Waals surface area contributed by atoms with Gasteiger partial charge in [0, 0.05) is 6.07 Å². The molecule has 1 atom stereocenters. The highest BCUT2D eigenvalue weighted by Crippen LogP contribution is 2.18. The van der Waals surface area contributed by atoms with Crippen LogP contribution < -0.4 is 11.1 Å². The summed E-state index contributed by atoms with van der Waals surface area (Å²) < 4.78 is 5.18. The van der Waals surface area contributed by atoms with Crippen LogP contribution in [0.25, 0.3) is 0 Å². The van der Waals surface area contributed by atoms with Crippen molar-refractivity contribution in [3.05, 3.63) is 17.6 Å². The standard InChI is InChI=1S/C9H14N2O2/c1-5-4-7(10)9(13-5)8(12)6(2)11-3/h4,6,11H,10H2,1-3H3. The predicted octanol–water partition coefficient (Wildman–Crippen LogP) is 0.961. The Hall–Kier alpha value is -1.29. The van der Waals surface area contributed by atoms with E-state index in [2.05, 4.69) is 5.32 Å². The zero-order valence-corrected chi connectivity index (χ0v) is 8.05. The van der Waals surface area contributed by atoms with E-state index < -0.39 is 0 Å². The summed E-state index contributed by atoms with van der Waals surface area (Å²) in [6, 6.07) is 1.38. The van der Waals surface area contributed by atoms with Crippen LogP contribution in [0.2, 0.25) is 0 Å². The fourth-order valence-electron chi connectivity index (χ4n) is 1.05. The molecule has 0 aliphatic rings. The Balaban J connectivity index is 2.94. The molecule has 0 aromatic carbocycles. The summed E-state index contributed by atoms with van der Waals surface area (Å²) >= 11 is 0. The number of carbonyl (C=O) groups is 1. The molecule has 0 aliphatic heterocycles. The predicted molar refractivity (Wildman–Crippen MR) is 50.7 cm³/mol. The number of carbonyl (C=O) groups excluding carboxylic acids is 1. The molecule has 1 unspecified atom stereocenters. The van der Waals surface area contributed by atoms with Crippen molar-refractivity contribution in [2.45, 2.75) is 19.9 Å². The number of rotatable bonds is 3. The molecule has 4 heteroatoms. The Morgan fingerprint density at radius 3 is 2.69 bits per heavy atom. The van der Waals surface area contributed by atoms with Crippen LogP contribution in [0.4, 0.5) is 5.69 Å². The minimum Gasteiger partial charge on any atom is -0.456 e. The molecular weight excluding hydrogens is 168 g/mol. The van der Waals surface area contributed by atoms with Gasteiger partial charge in [0.1, 0.15) is 5.76 Å². The maximum Gasteiger partial charge on any atom is 0.216 e. The first-order valence-corrected chi connectivity index (χ1v) is 4.13. The van der Waals surface area contributed by atoms with Gasteiger partial charge >= 0.3 is 0 Å². The molecule has 1 heterocycles. The average molecular weight is 182 g/mol. The summed E-state index contributed by atoms with van der Waals surface area (Å²) in [6.07, 6.45) is 0. The third-order valence-corrected chi connectivity index (χ3v) is 1.93. The molecule has 0 spiro atoms. The molecule has 0 saturated carbocycles. The highest BCUT2D eigenvalue weighted by Gasteiger charge is 2.19. The fraction of sp³-hybridized carbons (Fsp3) is 0.444. The second-order valence-electron chi connectivity index (χ2n) is 3.02. The molecule has 0 fully saturated rings. The average Bonchev–Trinajstić information content (AvgIpc) is 2.42. The molecule has 1 aromatic heterocycles. The highest BCUT2D eigenvalue weighted by molar-refractivity contribution is 6.01. The number of likely N-dealkylation sites (N-methyl/N-ethyl adjacent to an activating group) is 1. The van der Waals surface area contributed by atoms with Crippen molar-refractivity contribution in [3.63, 3.8) is 0 Å². The lowest BCUT2D eigenvalue weighted by molar-refractivity contribution is 0.0927. The Kier molecular flexibility index (Phi) is 2.72. The van der Waals surface area contributed by atoms with Gasteiger partial charge in [-0.3, -0.25) is 4.79 Å². The normalized spacial score (nSPS) is 12.8. The maximum atomic E-state index is 11.6. The van der Waals surface area contributed by atoms with Gasteiger partial charge in [0.25, 0.3) is 0 Å². The Morgan fingerprint density at radius 1 is 1.69 bits per heavy atom. The number of ketones is 1. The van der Waals surface area contributed by atoms with Gasteiger partial charge in [-0.05, 0) is 20.9 Å². The van der Waals surface area contributed by atoms with E-state index in [1.165, 1.54) is 0 Å². The van der Waals surface area contributed by atoms with Crippen molar-refractivity contribution < 1.29 is 9.21 Å². The van der Waals surface area contributed by atoms with E-state index in [4.69, 9.17) is 10.2 Å². The van der Waals surface area contributed by atoms with Gasteiger partial charge in [-0.15, -0.1) is 0 Å². The second-order valence-corrected chi connectivity index (χ2v) is 3.02. The molecule has 0 aliphatic carbocycles. The lowest BCUT2D eigenvalue weighted by atomic mass is 10.1. The summed E-state index contributed by atoms with van der Waals surface area (Å²) in [5.41, 5.74) is 6.00. The molecule has 13 heavy (non-hydrogen) atoms. The summed E-state index contributed by atoms with van der Waals surface area (Å²) in [4.78, 5) is 11.6. The van der Waals surface area contributed by atoms with E-state index in [9.17, 15) is 4.79 Å². The zero-order chi connectivity index (χ0) is 10.0. The first-order valence-electron chi connectivity index (χ1n) is 4.13. The van der Waals surface area contributed by atoms with Crippen LogP contribution in [0.3, 0.4) is 0 Å². The van der Waals surface area contributed by atoms with E-state index in [0.29, 0.717) is 11.4 Å². The van der Waals surface area contributed by atoms with Crippen molar-refractivity contribution in [2.75, 3.05) is 12.8 Å². The molecule has 0 radical (unpaired) electrons. The number of nitrogens with one attached hydrogen (secondary N) is 1. The number of anilines is 1. The lowest BCUT2D eigenvalue weighted by Gasteiger charge is -2.06. The summed E-state index contributed by atoms with van der Waals surface area (Å²) in [5, 5.41) is 2.83. The Bertz CT molecular complexity index is 317. The van der Waals surface area contributed by atoms with E-state index in [1.807, 2.05) is 0 Å². The van der Waals surface area contributed by atoms with Crippen LogP contribution in [0.1, 0.15) is 23.2 Å². The number of furan rings is 1. The van der Waals surface area contributed by atoms with Gasteiger partial charge in [-0.1, -0.05) is 0 Å². The topological polar surface area (TPSA) is 68.3 Å². The molecule has 0 bridgehead atoms. The van der Waals surface area contributed by atoms with Crippen LogP contribution >= 0.6 is 0 Å². The van der Waals surface area contributed by atoms with Gasteiger partial charge in [-0.2, -0.15) is 0 Å². The summed E-state index contributed by atoms with van der Waals surface area (Å²) in [6.45, 7) is 3.52. The van der Waals surface area contributed by atoms with E-state index >= 15 is 0 Å². The van der Waals surface area contributed by atoms with Crippen molar-refractivity contribution in [1.29, 1.82) is 0 Å². The third kappa shape index (κ3) is 1.89. The van der Waals surface area contributed by atoms with Crippen LogP contribution in [0.15, 0.2) is 10.5 Å². The molecule has 0 saturated heterocycles. The molecule has 1 aromatic rings. The lowest BCUT2D eigenvalue weighted by Crippen LogP contribution is -2.30. The Morgan fingerprint density at radius 2 is 2.31 bits per heavy atom. The monoisotopic (exact) mass is 182 g/mol. The first-order chi connectivity index (χ1) is 6.06. The van der Waals surface area contributed by atoms with Gasteiger partial charge in [0.05, 0.1) is 11.7 Å². The minimum atomic E-state index is -0.271. The van der Waals surface area contributed by atoms with Gasteiger partial charge in [0.15, 0.2) is 5.76 Å². The van der Waals surface area contributed by atoms with Crippen LogP contribution in [0.5, 0.6) is 0 Å². The number of hydrogen-bond acceptors (Lipinski definition) is 4. The largest absolute Gasteiger partial charge is 0.456 e. The van der Waals surface area contributed by atoms with Gasteiger partial charge in [0.2, 0.25) is 5.78 Å². The number of Topliss-reactive ketones (excluding diaryl/α,β-unsaturated/α-hetero) is 1. The second kappa shape index (κ2) is 3.62. The molecule has 0 amide bonds. The summed E-state index contributed by atoms with van der Waals surface area (Å²) in [7, 11) is 1.72. The van der Waals surface area contributed by atoms with Crippen molar-refractivity contribution >= 4 is 11.5 Å². The van der Waals surface area contributed by atoms with E-state index in [1.54, 1.807) is 27.0 Å². The van der Waals surface area contributed by atoms with Crippen molar-refractivity contribution in [3.8, 4) is 0 Å². The first kappa shape index (κ1) is 9.80. The zero-order valence-electron chi connectivity index (χ0n) is 8.05. The Labute approximate surface area is 77.1 Å². The van der Waals surface area contributed by atoms with Crippen LogP contribution in [-0.4, -0.2) is 18.9 Å². The number of nitrogen functional groups attached to an aromatic ring is 1. The van der Waals surface area contributed by atoms with Gasteiger partial charge < -0.3 is 15.5 Å². The SMILES string of the molecule is CNC(C)C(=O)c1oc(C)cc1N. The number of hydrogen-bond donors (Lipinski definition) is 2. The maximum absolute atomic E-state index is 11.6. The van der Waals surface area contributed by atoms with Crippen molar-refractivity contribution in [2.24, 2.45) is 0 Å². The number of nitrogens with two attached hydrogens (primary N) is 1. The van der Waals surface area contributed by atoms with Crippen LogP contribution in [0, 0.1) is 6.92 Å². The molecule has 4 nitrogen and oxygen atoms in total. The van der Waals surface area contributed by atoms with Crippen molar-refractivity contribution in [1.82, 2.24) is 5.32 Å². The molecular formula is C9H14N2O2. The fourth-order valence-corrected chi connectivity index (χ4v) is 1.05. The molecule has 3 N–H and O–H groups in total. The quantitative estimate of drug-likeness (QED) is 0.683. The highest BCUT2D eigenvalue weighted by atomic mass is 16.3. The minimum absolute atomic E-state index is 0.117. The number of aryl methyl sites for hydroxylation is 1. The summed E-state index contributed by atoms with van der Waals surface area (Å²) in [5.74, 6) is 0.789. The molecule has 72 valence electrons. The smallest absolute Gasteiger partial charge is 0.216 e. The van der Waals surface area contributed by atoms with E-state index in [0.717, 1.165) is 0 Å². The van der Waals surface area contributed by atoms with Crippen LogP contribution in [-0.2, 0) is 0 Å². The molecule has 1 rings (SSSR count). The van der Waals surface area contributed by atoms with Gasteiger partial charge in [-0.25, -0.2) is 0 Å².